The number of hydrogen-bond acceptors (Lipinski definition) is 3. The Morgan fingerprint density at radius 3 is 2.67 bits per heavy atom. The van der Waals surface area contributed by atoms with Gasteiger partial charge in [-0.05, 0) is 45.0 Å². The molecule has 24 heavy (non-hydrogen) atoms. The molecule has 1 aromatic rings. The lowest BCUT2D eigenvalue weighted by molar-refractivity contribution is 0.255. The highest BCUT2D eigenvalue weighted by molar-refractivity contribution is 14.0. The van der Waals surface area contributed by atoms with E-state index >= 15 is 0 Å². The van der Waals surface area contributed by atoms with Gasteiger partial charge >= 0.3 is 0 Å². The van der Waals surface area contributed by atoms with Gasteiger partial charge in [0.2, 0.25) is 0 Å². The van der Waals surface area contributed by atoms with E-state index in [4.69, 9.17) is 4.74 Å². The van der Waals surface area contributed by atoms with Gasteiger partial charge < -0.3 is 20.3 Å². The molecule has 0 spiro atoms. The minimum absolute atomic E-state index is 0. The monoisotopic (exact) mass is 448 g/mol. The number of hydrogen-bond donors (Lipinski definition) is 2. The Labute approximate surface area is 164 Å². The first kappa shape index (κ1) is 23.0. The molecule has 0 aliphatic rings. The fourth-order valence-corrected chi connectivity index (χ4v) is 2.17. The number of guanidine groups is 1. The van der Waals surface area contributed by atoms with E-state index in [1.165, 1.54) is 6.42 Å². The maximum Gasteiger partial charge on any atom is 0.191 e. The van der Waals surface area contributed by atoms with Gasteiger partial charge in [0.05, 0.1) is 13.7 Å². The number of halogens is 1. The van der Waals surface area contributed by atoms with E-state index in [0.29, 0.717) is 12.6 Å². The second-order valence-corrected chi connectivity index (χ2v) is 5.71. The number of likely N-dealkylation sites (N-methyl/N-ethyl adjacent to an activating group) is 1. The molecule has 1 rings (SSSR count). The molecular formula is C18H33IN4O. The Morgan fingerprint density at radius 2 is 2.04 bits per heavy atom. The van der Waals surface area contributed by atoms with E-state index in [1.807, 2.05) is 18.2 Å². The minimum Gasteiger partial charge on any atom is -0.497 e. The Balaban J connectivity index is 0.00000529. The van der Waals surface area contributed by atoms with Crippen molar-refractivity contribution in [2.24, 2.45) is 4.99 Å². The first-order valence-corrected chi connectivity index (χ1v) is 8.46. The second kappa shape index (κ2) is 13.3. The van der Waals surface area contributed by atoms with Gasteiger partial charge in [0.1, 0.15) is 5.75 Å². The lowest BCUT2D eigenvalue weighted by Crippen LogP contribution is -2.42. The van der Waals surface area contributed by atoms with Gasteiger partial charge in [-0.2, -0.15) is 0 Å². The molecule has 0 bridgehead atoms. The zero-order valence-corrected chi connectivity index (χ0v) is 18.0. The fraction of sp³-hybridized carbons (Fsp3) is 0.611. The molecule has 138 valence electrons. The summed E-state index contributed by atoms with van der Waals surface area (Å²) >= 11 is 0. The number of benzene rings is 1. The number of rotatable bonds is 9. The lowest BCUT2D eigenvalue weighted by Gasteiger charge is -2.24. The van der Waals surface area contributed by atoms with Crippen molar-refractivity contribution in [2.75, 3.05) is 33.8 Å². The number of methoxy groups -OCH3 is 1. The van der Waals surface area contributed by atoms with Crippen molar-refractivity contribution < 1.29 is 4.74 Å². The molecule has 0 radical (unpaired) electrons. The third-order valence-electron chi connectivity index (χ3n) is 4.00. The summed E-state index contributed by atoms with van der Waals surface area (Å²) in [6, 6.07) is 8.62. The molecule has 0 saturated heterocycles. The van der Waals surface area contributed by atoms with Crippen molar-refractivity contribution in [3.8, 4) is 5.75 Å². The number of aliphatic imine (C=N–C) groups is 1. The first-order valence-electron chi connectivity index (χ1n) is 8.46. The standard InChI is InChI=1S/C18H32N4O.HI/c1-6-15(3)22(4)12-11-20-18(19-7-2)21-14-16-9-8-10-17(13-16)23-5;/h8-10,13,15H,6-7,11-12,14H2,1-5H3,(H2,19,20,21);1H. The Bertz CT molecular complexity index is 482. The summed E-state index contributed by atoms with van der Waals surface area (Å²) in [4.78, 5) is 7.00. The van der Waals surface area contributed by atoms with Gasteiger partial charge in [-0.15, -0.1) is 24.0 Å². The van der Waals surface area contributed by atoms with Crippen molar-refractivity contribution in [3.05, 3.63) is 29.8 Å². The third kappa shape index (κ3) is 8.73. The molecule has 1 unspecified atom stereocenters. The van der Waals surface area contributed by atoms with Crippen LogP contribution in [0.2, 0.25) is 0 Å². The molecule has 0 amide bonds. The van der Waals surface area contributed by atoms with Crippen LogP contribution in [0.4, 0.5) is 0 Å². The molecule has 0 saturated carbocycles. The average molecular weight is 448 g/mol. The topological polar surface area (TPSA) is 48.9 Å². The summed E-state index contributed by atoms with van der Waals surface area (Å²) < 4.78 is 5.25. The van der Waals surface area contributed by atoms with Crippen LogP contribution in [-0.2, 0) is 6.54 Å². The maximum atomic E-state index is 5.25. The predicted molar refractivity (Wildman–Crippen MR) is 114 cm³/mol. The summed E-state index contributed by atoms with van der Waals surface area (Å²) in [7, 11) is 3.85. The van der Waals surface area contributed by atoms with Gasteiger partial charge in [0.15, 0.2) is 5.96 Å². The van der Waals surface area contributed by atoms with Crippen molar-refractivity contribution in [2.45, 2.75) is 39.8 Å². The van der Waals surface area contributed by atoms with Gasteiger partial charge in [-0.3, -0.25) is 0 Å². The number of nitrogens with one attached hydrogen (secondary N) is 2. The largest absolute Gasteiger partial charge is 0.497 e. The van der Waals surface area contributed by atoms with E-state index in [9.17, 15) is 0 Å². The third-order valence-corrected chi connectivity index (χ3v) is 4.00. The van der Waals surface area contributed by atoms with Gasteiger partial charge in [0, 0.05) is 25.7 Å². The van der Waals surface area contributed by atoms with Gasteiger partial charge in [-0.25, -0.2) is 4.99 Å². The highest BCUT2D eigenvalue weighted by Gasteiger charge is 2.06. The molecule has 1 atom stereocenters. The van der Waals surface area contributed by atoms with Crippen LogP contribution in [0.5, 0.6) is 5.75 Å². The molecule has 6 heteroatoms. The van der Waals surface area contributed by atoms with Crippen LogP contribution in [0.25, 0.3) is 0 Å². The van der Waals surface area contributed by atoms with Crippen molar-refractivity contribution in [1.29, 1.82) is 0 Å². The zero-order valence-electron chi connectivity index (χ0n) is 15.6. The smallest absolute Gasteiger partial charge is 0.191 e. The molecule has 0 aromatic heterocycles. The predicted octanol–water partition coefficient (Wildman–Crippen LogP) is 3.10. The van der Waals surface area contributed by atoms with Gasteiger partial charge in [-0.1, -0.05) is 19.1 Å². The lowest BCUT2D eigenvalue weighted by atomic mass is 10.2. The molecule has 0 fully saturated rings. The summed E-state index contributed by atoms with van der Waals surface area (Å²) in [5.74, 6) is 1.72. The summed E-state index contributed by atoms with van der Waals surface area (Å²) in [6.07, 6.45) is 1.17. The number of nitrogens with zero attached hydrogens (tertiary/aromatic N) is 2. The van der Waals surface area contributed by atoms with Crippen molar-refractivity contribution in [1.82, 2.24) is 15.5 Å². The second-order valence-electron chi connectivity index (χ2n) is 5.71. The molecule has 1 aromatic carbocycles. The normalized spacial score (nSPS) is 12.5. The summed E-state index contributed by atoms with van der Waals surface area (Å²) in [5, 5.41) is 6.68. The van der Waals surface area contributed by atoms with Crippen LogP contribution in [-0.4, -0.2) is 50.7 Å². The van der Waals surface area contributed by atoms with E-state index in [1.54, 1.807) is 7.11 Å². The summed E-state index contributed by atoms with van der Waals surface area (Å²) in [6.45, 7) is 9.91. The van der Waals surface area contributed by atoms with Crippen LogP contribution in [0.1, 0.15) is 32.8 Å². The number of ether oxygens (including phenoxy) is 1. The van der Waals surface area contributed by atoms with Crippen LogP contribution in [0.3, 0.4) is 0 Å². The molecule has 0 aliphatic carbocycles. The molecular weight excluding hydrogens is 415 g/mol. The Morgan fingerprint density at radius 1 is 1.29 bits per heavy atom. The SMILES string of the molecule is CCNC(=NCc1cccc(OC)c1)NCCN(C)C(C)CC.I. The van der Waals surface area contributed by atoms with E-state index in [0.717, 1.165) is 36.9 Å². The molecule has 0 heterocycles. The van der Waals surface area contributed by atoms with Crippen LogP contribution < -0.4 is 15.4 Å². The highest BCUT2D eigenvalue weighted by atomic mass is 127. The molecule has 0 aliphatic heterocycles. The summed E-state index contributed by atoms with van der Waals surface area (Å²) in [5.41, 5.74) is 1.14. The Hall–Kier alpha value is -1.02. The molecule has 2 N–H and O–H groups in total. The first-order chi connectivity index (χ1) is 11.1. The highest BCUT2D eigenvalue weighted by Crippen LogP contribution is 2.13. The fourth-order valence-electron chi connectivity index (χ4n) is 2.17. The van der Waals surface area contributed by atoms with E-state index in [2.05, 4.69) is 54.4 Å². The van der Waals surface area contributed by atoms with E-state index in [-0.39, 0.29) is 24.0 Å². The van der Waals surface area contributed by atoms with Crippen molar-refractivity contribution >= 4 is 29.9 Å². The minimum atomic E-state index is 0. The zero-order chi connectivity index (χ0) is 17.1. The Kier molecular flexibility index (Phi) is 12.7. The van der Waals surface area contributed by atoms with Crippen LogP contribution >= 0.6 is 24.0 Å². The quantitative estimate of drug-likeness (QED) is 0.346. The van der Waals surface area contributed by atoms with Crippen molar-refractivity contribution in [3.63, 3.8) is 0 Å². The van der Waals surface area contributed by atoms with Crippen LogP contribution in [0, 0.1) is 0 Å². The van der Waals surface area contributed by atoms with Gasteiger partial charge in [0.25, 0.3) is 0 Å². The average Bonchev–Trinajstić information content (AvgIpc) is 2.58. The maximum absolute atomic E-state index is 5.25. The van der Waals surface area contributed by atoms with Crippen LogP contribution in [0.15, 0.2) is 29.3 Å². The van der Waals surface area contributed by atoms with E-state index < -0.39 is 0 Å². The molecule has 5 nitrogen and oxygen atoms in total.